The zero-order chi connectivity index (χ0) is 21.8. The third kappa shape index (κ3) is 4.83. The van der Waals surface area contributed by atoms with Crippen molar-refractivity contribution in [3.63, 3.8) is 0 Å². The van der Waals surface area contributed by atoms with Gasteiger partial charge in [-0.15, -0.1) is 16.9 Å². The Morgan fingerprint density at radius 1 is 1.16 bits per heavy atom. The molecule has 2 aromatic carbocycles. The summed E-state index contributed by atoms with van der Waals surface area (Å²) in [7, 11) is -3.49. The summed E-state index contributed by atoms with van der Waals surface area (Å²) in [6, 6.07) is 12.2. The molecule has 11 heteroatoms. The van der Waals surface area contributed by atoms with Crippen molar-refractivity contribution in [1.29, 1.82) is 0 Å². The second-order valence-electron chi connectivity index (χ2n) is 7.19. The molecule has 0 aliphatic carbocycles. The van der Waals surface area contributed by atoms with Gasteiger partial charge < -0.3 is 10.6 Å². The Morgan fingerprint density at radius 3 is 2.74 bits per heavy atom. The molecule has 1 saturated heterocycles. The Kier molecular flexibility index (Phi) is 6.44. The first-order valence-corrected chi connectivity index (χ1v) is 12.7. The summed E-state index contributed by atoms with van der Waals surface area (Å²) >= 11 is 1.61. The van der Waals surface area contributed by atoms with Crippen LogP contribution in [0.3, 0.4) is 0 Å². The molecule has 2 N–H and O–H groups in total. The van der Waals surface area contributed by atoms with Crippen LogP contribution in [0.15, 0.2) is 52.3 Å². The van der Waals surface area contributed by atoms with Crippen molar-refractivity contribution in [3.8, 4) is 0 Å². The molecule has 4 rings (SSSR count). The van der Waals surface area contributed by atoms with Gasteiger partial charge in [-0.25, -0.2) is 17.9 Å². The van der Waals surface area contributed by atoms with Crippen molar-refractivity contribution >= 4 is 44.5 Å². The Labute approximate surface area is 185 Å². The summed E-state index contributed by atoms with van der Waals surface area (Å²) in [6.07, 6.45) is 3.76. The summed E-state index contributed by atoms with van der Waals surface area (Å²) in [5.41, 5.74) is 1.95. The lowest BCUT2D eigenvalue weighted by atomic mass is 10.3. The van der Waals surface area contributed by atoms with Crippen LogP contribution in [-0.2, 0) is 16.6 Å². The molecular weight excluding hydrogens is 436 g/mol. The fourth-order valence-electron chi connectivity index (χ4n) is 3.51. The van der Waals surface area contributed by atoms with E-state index in [-0.39, 0.29) is 10.9 Å². The Balaban J connectivity index is 1.37. The monoisotopic (exact) mass is 460 g/mol. The van der Waals surface area contributed by atoms with E-state index in [1.54, 1.807) is 34.6 Å². The van der Waals surface area contributed by atoms with Gasteiger partial charge in [-0.2, -0.15) is 4.31 Å². The van der Waals surface area contributed by atoms with E-state index in [0.29, 0.717) is 31.7 Å². The number of fused-ring (bicyclic) bond motifs is 1. The number of nitrogens with one attached hydrogen (secondary N) is 2. The molecule has 1 aliphatic rings. The predicted octanol–water partition coefficient (Wildman–Crippen LogP) is 2.76. The lowest BCUT2D eigenvalue weighted by Gasteiger charge is -2.15. The quantitative estimate of drug-likeness (QED) is 0.525. The minimum absolute atomic E-state index is 0.235. The molecule has 2 heterocycles. The summed E-state index contributed by atoms with van der Waals surface area (Å²) in [4.78, 5) is 13.4. The first-order valence-electron chi connectivity index (χ1n) is 10.00. The fraction of sp³-hybridized carbons (Fsp3) is 0.350. The molecule has 0 unspecified atom stereocenters. The SMILES string of the molecule is CSc1cccc(NC(=O)NCCn2nnc3cc(S(=O)(=O)N4CCCC4)ccc32)c1. The lowest BCUT2D eigenvalue weighted by molar-refractivity contribution is 0.251. The molecule has 0 radical (unpaired) electrons. The number of aromatic nitrogens is 3. The average molecular weight is 461 g/mol. The molecule has 9 nitrogen and oxygen atoms in total. The van der Waals surface area contributed by atoms with E-state index in [0.717, 1.165) is 28.9 Å². The van der Waals surface area contributed by atoms with E-state index >= 15 is 0 Å². The van der Waals surface area contributed by atoms with Crippen molar-refractivity contribution in [2.45, 2.75) is 29.2 Å². The largest absolute Gasteiger partial charge is 0.336 e. The molecule has 0 saturated carbocycles. The highest BCUT2D eigenvalue weighted by Crippen LogP contribution is 2.23. The van der Waals surface area contributed by atoms with Crippen molar-refractivity contribution < 1.29 is 13.2 Å². The molecule has 2 amide bonds. The number of thioether (sulfide) groups is 1. The number of amides is 2. The molecule has 3 aromatic rings. The molecule has 31 heavy (non-hydrogen) atoms. The number of anilines is 1. The Bertz CT molecular complexity index is 1190. The van der Waals surface area contributed by atoms with Crippen LogP contribution >= 0.6 is 11.8 Å². The van der Waals surface area contributed by atoms with Gasteiger partial charge in [0, 0.05) is 30.2 Å². The number of carbonyl (C=O) groups is 1. The topological polar surface area (TPSA) is 109 Å². The van der Waals surface area contributed by atoms with E-state index in [2.05, 4.69) is 20.9 Å². The van der Waals surface area contributed by atoms with Gasteiger partial charge in [0.1, 0.15) is 5.52 Å². The van der Waals surface area contributed by atoms with E-state index in [1.165, 1.54) is 4.31 Å². The summed E-state index contributed by atoms with van der Waals surface area (Å²) < 4.78 is 28.6. The summed E-state index contributed by atoms with van der Waals surface area (Å²) in [6.45, 7) is 1.87. The summed E-state index contributed by atoms with van der Waals surface area (Å²) in [5, 5.41) is 13.8. The van der Waals surface area contributed by atoms with E-state index < -0.39 is 10.0 Å². The maximum atomic E-state index is 12.7. The zero-order valence-corrected chi connectivity index (χ0v) is 18.7. The predicted molar refractivity (Wildman–Crippen MR) is 121 cm³/mol. The lowest BCUT2D eigenvalue weighted by Crippen LogP contribution is -2.31. The maximum Gasteiger partial charge on any atom is 0.319 e. The fourth-order valence-corrected chi connectivity index (χ4v) is 5.50. The van der Waals surface area contributed by atoms with Crippen LogP contribution < -0.4 is 10.6 Å². The van der Waals surface area contributed by atoms with Gasteiger partial charge in [-0.1, -0.05) is 11.3 Å². The molecule has 1 fully saturated rings. The smallest absolute Gasteiger partial charge is 0.319 e. The Hall–Kier alpha value is -2.63. The van der Waals surface area contributed by atoms with E-state index in [4.69, 9.17) is 0 Å². The standard InChI is InChI=1S/C20H24N6O3S2/c1-30-16-6-4-5-15(13-16)22-20(27)21-9-12-26-19-8-7-17(14-18(19)23-24-26)31(28,29)25-10-2-3-11-25/h4-8,13-14H,2-3,9-12H2,1H3,(H2,21,22,27). The van der Waals surface area contributed by atoms with Crippen LogP contribution in [0.25, 0.3) is 11.0 Å². The van der Waals surface area contributed by atoms with Gasteiger partial charge in [-0.3, -0.25) is 0 Å². The molecular formula is C20H24N6O3S2. The maximum absolute atomic E-state index is 12.7. The third-order valence-corrected chi connectivity index (χ3v) is 7.74. The van der Waals surface area contributed by atoms with Gasteiger partial charge in [-0.05, 0) is 55.5 Å². The number of hydrogen-bond acceptors (Lipinski definition) is 6. The molecule has 164 valence electrons. The normalized spacial score (nSPS) is 14.7. The second kappa shape index (κ2) is 9.25. The number of sulfonamides is 1. The van der Waals surface area contributed by atoms with Crippen LogP contribution in [0.4, 0.5) is 10.5 Å². The van der Waals surface area contributed by atoms with Crippen LogP contribution in [0.2, 0.25) is 0 Å². The highest BCUT2D eigenvalue weighted by atomic mass is 32.2. The van der Waals surface area contributed by atoms with Crippen LogP contribution in [0.1, 0.15) is 12.8 Å². The number of rotatable bonds is 7. The molecule has 0 bridgehead atoms. The van der Waals surface area contributed by atoms with Crippen LogP contribution in [0, 0.1) is 0 Å². The molecule has 0 atom stereocenters. The van der Waals surface area contributed by atoms with E-state index in [9.17, 15) is 13.2 Å². The highest BCUT2D eigenvalue weighted by Gasteiger charge is 2.27. The number of nitrogens with zero attached hydrogens (tertiary/aromatic N) is 4. The minimum Gasteiger partial charge on any atom is -0.336 e. The Morgan fingerprint density at radius 2 is 1.97 bits per heavy atom. The average Bonchev–Trinajstić information content (AvgIpc) is 3.44. The van der Waals surface area contributed by atoms with Crippen LogP contribution in [-0.4, -0.2) is 59.6 Å². The zero-order valence-electron chi connectivity index (χ0n) is 17.1. The summed E-state index contributed by atoms with van der Waals surface area (Å²) in [5.74, 6) is 0. The van der Waals surface area contributed by atoms with Crippen molar-refractivity contribution in [2.24, 2.45) is 0 Å². The first kappa shape index (κ1) is 21.6. The molecule has 1 aromatic heterocycles. The van der Waals surface area contributed by atoms with Gasteiger partial charge in [0.05, 0.1) is 17.0 Å². The number of benzene rings is 2. The van der Waals surface area contributed by atoms with E-state index in [1.807, 2.05) is 30.5 Å². The van der Waals surface area contributed by atoms with Crippen molar-refractivity contribution in [2.75, 3.05) is 31.2 Å². The van der Waals surface area contributed by atoms with Gasteiger partial charge in [0.25, 0.3) is 0 Å². The van der Waals surface area contributed by atoms with Gasteiger partial charge >= 0.3 is 6.03 Å². The third-order valence-electron chi connectivity index (χ3n) is 5.12. The van der Waals surface area contributed by atoms with Crippen LogP contribution in [0.5, 0.6) is 0 Å². The number of carbonyl (C=O) groups excluding carboxylic acids is 1. The number of hydrogen-bond donors (Lipinski definition) is 2. The van der Waals surface area contributed by atoms with Gasteiger partial charge in [0.15, 0.2) is 0 Å². The molecule has 1 aliphatic heterocycles. The second-order valence-corrected chi connectivity index (χ2v) is 10.0. The minimum atomic E-state index is -3.49. The number of urea groups is 1. The van der Waals surface area contributed by atoms with Gasteiger partial charge in [0.2, 0.25) is 10.0 Å². The van der Waals surface area contributed by atoms with Crippen molar-refractivity contribution in [1.82, 2.24) is 24.6 Å². The highest BCUT2D eigenvalue weighted by molar-refractivity contribution is 7.98. The first-order chi connectivity index (χ1) is 15.0. The van der Waals surface area contributed by atoms with Crippen molar-refractivity contribution in [3.05, 3.63) is 42.5 Å². The molecule has 0 spiro atoms.